The Labute approximate surface area is 129 Å². The van der Waals surface area contributed by atoms with Crippen LogP contribution in [0.4, 0.5) is 4.39 Å². The van der Waals surface area contributed by atoms with Gasteiger partial charge in [0.15, 0.2) is 0 Å². The second kappa shape index (κ2) is 6.60. The highest BCUT2D eigenvalue weighted by Gasteiger charge is 2.38. The number of hydrogen-bond donors (Lipinski definition) is 0. The second-order valence-electron chi connectivity index (χ2n) is 5.19. The van der Waals surface area contributed by atoms with E-state index in [-0.39, 0.29) is 27.9 Å². The molecule has 1 aromatic rings. The van der Waals surface area contributed by atoms with Crippen LogP contribution >= 0.6 is 11.6 Å². The molecule has 0 aromatic heterocycles. The van der Waals surface area contributed by atoms with E-state index >= 15 is 0 Å². The third-order valence-electron chi connectivity index (χ3n) is 3.52. The number of benzene rings is 1. The van der Waals surface area contributed by atoms with Gasteiger partial charge >= 0.3 is 0 Å². The van der Waals surface area contributed by atoms with Crippen molar-refractivity contribution >= 4 is 21.6 Å². The lowest BCUT2D eigenvalue weighted by Crippen LogP contribution is -2.36. The molecule has 0 heterocycles. The highest BCUT2D eigenvalue weighted by Crippen LogP contribution is 2.33. The molecule has 0 N–H and O–H groups in total. The molecule has 0 bridgehead atoms. The van der Waals surface area contributed by atoms with E-state index < -0.39 is 15.8 Å². The van der Waals surface area contributed by atoms with Crippen LogP contribution in [0.2, 0.25) is 0 Å². The van der Waals surface area contributed by atoms with E-state index in [1.807, 2.05) is 0 Å². The molecular formula is C14H19ClFNO3S. The summed E-state index contributed by atoms with van der Waals surface area (Å²) in [4.78, 5) is 0.0973. The lowest BCUT2D eigenvalue weighted by Gasteiger charge is -2.22. The Morgan fingerprint density at radius 1 is 1.43 bits per heavy atom. The summed E-state index contributed by atoms with van der Waals surface area (Å²) < 4.78 is 45.8. The number of rotatable bonds is 7. The maximum Gasteiger partial charge on any atom is 0.243 e. The van der Waals surface area contributed by atoms with Crippen molar-refractivity contribution in [1.82, 2.24) is 4.31 Å². The Bertz CT molecular complexity index is 617. The van der Waals surface area contributed by atoms with Crippen molar-refractivity contribution in [3.63, 3.8) is 0 Å². The Balaban J connectivity index is 2.39. The number of sulfonamides is 1. The second-order valence-corrected chi connectivity index (χ2v) is 7.34. The number of halogens is 2. The minimum absolute atomic E-state index is 0.0231. The van der Waals surface area contributed by atoms with Gasteiger partial charge in [0.2, 0.25) is 10.0 Å². The minimum Gasteiger partial charge on any atom is -0.383 e. The first-order chi connectivity index (χ1) is 9.91. The maximum atomic E-state index is 13.8. The van der Waals surface area contributed by atoms with Gasteiger partial charge in [-0.2, -0.15) is 4.31 Å². The van der Waals surface area contributed by atoms with Crippen molar-refractivity contribution in [1.29, 1.82) is 0 Å². The first-order valence-electron chi connectivity index (χ1n) is 6.77. The Morgan fingerprint density at radius 3 is 2.62 bits per heavy atom. The van der Waals surface area contributed by atoms with E-state index in [9.17, 15) is 12.8 Å². The molecule has 118 valence electrons. The molecule has 4 nitrogen and oxygen atoms in total. The molecule has 1 saturated carbocycles. The van der Waals surface area contributed by atoms with Crippen LogP contribution in [0, 0.1) is 12.7 Å². The topological polar surface area (TPSA) is 46.6 Å². The van der Waals surface area contributed by atoms with Gasteiger partial charge in [0, 0.05) is 25.3 Å². The molecule has 21 heavy (non-hydrogen) atoms. The Hall–Kier alpha value is -0.690. The molecule has 1 aromatic carbocycles. The number of ether oxygens (including phenoxy) is 1. The number of aryl methyl sites for hydroxylation is 1. The third kappa shape index (κ3) is 3.56. The zero-order valence-electron chi connectivity index (χ0n) is 12.1. The maximum absolute atomic E-state index is 13.8. The van der Waals surface area contributed by atoms with Crippen LogP contribution in [-0.2, 0) is 20.6 Å². The molecule has 0 saturated heterocycles. The van der Waals surface area contributed by atoms with Crippen LogP contribution in [0.1, 0.15) is 24.0 Å². The van der Waals surface area contributed by atoms with E-state index in [0.29, 0.717) is 13.2 Å². The molecule has 0 amide bonds. The smallest absolute Gasteiger partial charge is 0.243 e. The average molecular weight is 336 g/mol. The van der Waals surface area contributed by atoms with Gasteiger partial charge in [0.1, 0.15) is 5.82 Å². The van der Waals surface area contributed by atoms with E-state index in [4.69, 9.17) is 16.3 Å². The van der Waals surface area contributed by atoms with E-state index in [2.05, 4.69) is 0 Å². The quantitative estimate of drug-likeness (QED) is 0.720. The van der Waals surface area contributed by atoms with Gasteiger partial charge in [-0.3, -0.25) is 0 Å². The van der Waals surface area contributed by atoms with Gasteiger partial charge in [-0.05, 0) is 37.5 Å². The predicted molar refractivity (Wildman–Crippen MR) is 79.5 cm³/mol. The number of hydrogen-bond acceptors (Lipinski definition) is 3. The lowest BCUT2D eigenvalue weighted by atomic mass is 10.1. The van der Waals surface area contributed by atoms with E-state index in [0.717, 1.165) is 12.8 Å². The molecule has 0 aliphatic heterocycles. The largest absolute Gasteiger partial charge is 0.383 e. The van der Waals surface area contributed by atoms with Crippen molar-refractivity contribution < 1.29 is 17.5 Å². The zero-order chi connectivity index (χ0) is 15.6. The summed E-state index contributed by atoms with van der Waals surface area (Å²) >= 11 is 5.70. The van der Waals surface area contributed by atoms with Gasteiger partial charge in [0.25, 0.3) is 0 Å². The molecule has 1 fully saturated rings. The van der Waals surface area contributed by atoms with Crippen molar-refractivity contribution in [3.05, 3.63) is 29.1 Å². The predicted octanol–water partition coefficient (Wildman–Crippen LogP) is 2.67. The highest BCUT2D eigenvalue weighted by atomic mass is 35.5. The number of methoxy groups -OCH3 is 1. The molecule has 0 spiro atoms. The molecule has 7 heteroatoms. The van der Waals surface area contributed by atoms with Crippen LogP contribution in [0.3, 0.4) is 0 Å². The average Bonchev–Trinajstić information content (AvgIpc) is 3.26. The molecule has 2 rings (SSSR count). The molecule has 1 aliphatic carbocycles. The van der Waals surface area contributed by atoms with Gasteiger partial charge in [-0.1, -0.05) is 0 Å². The highest BCUT2D eigenvalue weighted by molar-refractivity contribution is 7.89. The van der Waals surface area contributed by atoms with Crippen LogP contribution in [0.25, 0.3) is 0 Å². The summed E-state index contributed by atoms with van der Waals surface area (Å²) in [7, 11) is -2.12. The summed E-state index contributed by atoms with van der Waals surface area (Å²) in [5.74, 6) is -0.504. The first kappa shape index (κ1) is 16.7. The van der Waals surface area contributed by atoms with Gasteiger partial charge < -0.3 is 4.74 Å². The normalized spacial score (nSPS) is 15.7. The van der Waals surface area contributed by atoms with Gasteiger partial charge in [0.05, 0.1) is 17.4 Å². The minimum atomic E-state index is -3.65. The first-order valence-corrected chi connectivity index (χ1v) is 8.75. The van der Waals surface area contributed by atoms with Crippen molar-refractivity contribution in [3.8, 4) is 0 Å². The summed E-state index contributed by atoms with van der Waals surface area (Å²) in [6.07, 6.45) is 1.71. The molecule has 0 unspecified atom stereocenters. The molecule has 0 radical (unpaired) electrons. The van der Waals surface area contributed by atoms with Crippen molar-refractivity contribution in [2.45, 2.75) is 36.6 Å². The van der Waals surface area contributed by atoms with E-state index in [1.54, 1.807) is 6.92 Å². The standard InChI is InChI=1S/C14H19ClFNO3S/c1-10-7-13(8-11(9-15)14(10)16)21(18,19)17(5-6-20-2)12-3-4-12/h7-8,12H,3-6,9H2,1-2H3. The van der Waals surface area contributed by atoms with Crippen LogP contribution in [-0.4, -0.2) is 39.0 Å². The molecule has 0 atom stereocenters. The summed E-state index contributed by atoms with van der Waals surface area (Å²) in [5.41, 5.74) is 0.493. The third-order valence-corrected chi connectivity index (χ3v) is 5.74. The summed E-state index contributed by atoms with van der Waals surface area (Å²) in [5, 5.41) is 0. The molecule has 1 aliphatic rings. The lowest BCUT2D eigenvalue weighted by molar-refractivity contribution is 0.177. The summed E-state index contributed by atoms with van der Waals surface area (Å²) in [6, 6.07) is 2.71. The Morgan fingerprint density at radius 2 is 2.10 bits per heavy atom. The fourth-order valence-electron chi connectivity index (χ4n) is 2.23. The van der Waals surface area contributed by atoms with Gasteiger partial charge in [-0.25, -0.2) is 12.8 Å². The van der Waals surface area contributed by atoms with Gasteiger partial charge in [-0.15, -0.1) is 11.6 Å². The van der Waals surface area contributed by atoms with Crippen molar-refractivity contribution in [2.24, 2.45) is 0 Å². The SMILES string of the molecule is COCCN(C1CC1)S(=O)(=O)c1cc(C)c(F)c(CCl)c1. The van der Waals surface area contributed by atoms with E-state index in [1.165, 1.54) is 23.5 Å². The number of alkyl halides is 1. The monoisotopic (exact) mass is 335 g/mol. The van der Waals surface area contributed by atoms with Crippen LogP contribution in [0.5, 0.6) is 0 Å². The summed E-state index contributed by atoms with van der Waals surface area (Å²) in [6.45, 7) is 2.18. The van der Waals surface area contributed by atoms with Crippen molar-refractivity contribution in [2.75, 3.05) is 20.3 Å². The zero-order valence-corrected chi connectivity index (χ0v) is 13.7. The van der Waals surface area contributed by atoms with Crippen LogP contribution in [0.15, 0.2) is 17.0 Å². The number of nitrogens with zero attached hydrogens (tertiary/aromatic N) is 1. The fourth-order valence-corrected chi connectivity index (χ4v) is 4.23. The Kier molecular flexibility index (Phi) is 5.24. The fraction of sp³-hybridized carbons (Fsp3) is 0.571. The molecular weight excluding hydrogens is 317 g/mol. The van der Waals surface area contributed by atoms with Crippen LogP contribution < -0.4 is 0 Å².